The van der Waals surface area contributed by atoms with Crippen LogP contribution in [0.2, 0.25) is 0 Å². The van der Waals surface area contributed by atoms with E-state index < -0.39 is 5.54 Å². The summed E-state index contributed by atoms with van der Waals surface area (Å²) in [6.07, 6.45) is 0. The summed E-state index contributed by atoms with van der Waals surface area (Å²) < 4.78 is 0. The molecule has 1 aromatic heterocycles. The molecule has 0 aliphatic heterocycles. The van der Waals surface area contributed by atoms with Gasteiger partial charge < -0.3 is 11.1 Å². The minimum absolute atomic E-state index is 0.182. The molecule has 0 bridgehead atoms. The van der Waals surface area contributed by atoms with Gasteiger partial charge in [-0.25, -0.2) is 0 Å². The van der Waals surface area contributed by atoms with Gasteiger partial charge in [0.15, 0.2) is 0 Å². The molecule has 1 rings (SSSR count). The molecule has 1 amide bonds. The van der Waals surface area contributed by atoms with Crippen molar-refractivity contribution in [2.75, 3.05) is 0 Å². The van der Waals surface area contributed by atoms with E-state index in [1.807, 2.05) is 13.0 Å². The van der Waals surface area contributed by atoms with Crippen LogP contribution in [-0.4, -0.2) is 21.6 Å². The Kier molecular flexibility index (Phi) is 2.90. The van der Waals surface area contributed by atoms with Crippen LogP contribution >= 0.6 is 0 Å². The topological polar surface area (TPSA) is 83.8 Å². The Morgan fingerprint density at radius 1 is 1.71 bits per heavy atom. The molecule has 0 saturated heterocycles. The summed E-state index contributed by atoms with van der Waals surface area (Å²) in [5, 5.41) is 9.49. The van der Waals surface area contributed by atoms with Crippen molar-refractivity contribution < 1.29 is 4.79 Å². The van der Waals surface area contributed by atoms with Crippen molar-refractivity contribution in [2.24, 2.45) is 5.73 Å². The Morgan fingerprint density at radius 2 is 2.36 bits per heavy atom. The van der Waals surface area contributed by atoms with Gasteiger partial charge in [0.1, 0.15) is 0 Å². The lowest BCUT2D eigenvalue weighted by Gasteiger charge is -2.16. The highest BCUT2D eigenvalue weighted by molar-refractivity contribution is 5.84. The molecule has 0 aliphatic rings. The Morgan fingerprint density at radius 3 is 2.79 bits per heavy atom. The summed E-state index contributed by atoms with van der Waals surface area (Å²) in [6, 6.07) is 1.88. The van der Waals surface area contributed by atoms with Gasteiger partial charge in [0, 0.05) is 5.69 Å². The van der Waals surface area contributed by atoms with Crippen molar-refractivity contribution in [3.05, 3.63) is 17.5 Å². The van der Waals surface area contributed by atoms with Crippen LogP contribution in [0.15, 0.2) is 6.07 Å². The predicted octanol–water partition coefficient (Wildman–Crippen LogP) is 0.0716. The van der Waals surface area contributed by atoms with E-state index in [0.717, 1.165) is 11.4 Å². The highest BCUT2D eigenvalue weighted by Gasteiger charge is 2.21. The van der Waals surface area contributed by atoms with E-state index in [1.54, 1.807) is 13.8 Å². The Hall–Kier alpha value is -1.36. The van der Waals surface area contributed by atoms with Crippen LogP contribution in [-0.2, 0) is 11.3 Å². The number of amides is 1. The first-order valence-electron chi connectivity index (χ1n) is 4.47. The van der Waals surface area contributed by atoms with Crippen molar-refractivity contribution in [3.63, 3.8) is 0 Å². The molecule has 1 aromatic rings. The predicted molar refractivity (Wildman–Crippen MR) is 53.4 cm³/mol. The Balaban J connectivity index is 2.46. The van der Waals surface area contributed by atoms with Gasteiger partial charge in [0.25, 0.3) is 0 Å². The minimum Gasteiger partial charge on any atom is -0.349 e. The molecule has 0 aromatic carbocycles. The SMILES string of the molecule is Cc1cc(CNC(=O)C(C)(C)N)n[nH]1. The minimum atomic E-state index is -0.842. The second-order valence-electron chi connectivity index (χ2n) is 3.95. The van der Waals surface area contributed by atoms with E-state index in [-0.39, 0.29) is 5.91 Å². The van der Waals surface area contributed by atoms with Gasteiger partial charge in [-0.15, -0.1) is 0 Å². The van der Waals surface area contributed by atoms with Gasteiger partial charge >= 0.3 is 0 Å². The van der Waals surface area contributed by atoms with Crippen molar-refractivity contribution in [2.45, 2.75) is 32.9 Å². The number of nitrogens with two attached hydrogens (primary N) is 1. The van der Waals surface area contributed by atoms with E-state index >= 15 is 0 Å². The number of aryl methyl sites for hydroxylation is 1. The number of carbonyl (C=O) groups excluding carboxylic acids is 1. The number of hydrogen-bond donors (Lipinski definition) is 3. The average molecular weight is 196 g/mol. The summed E-state index contributed by atoms with van der Waals surface area (Å²) in [5.41, 5.74) is 6.55. The first-order valence-corrected chi connectivity index (χ1v) is 4.47. The maximum absolute atomic E-state index is 11.4. The lowest BCUT2D eigenvalue weighted by molar-refractivity contribution is -0.125. The zero-order valence-corrected chi connectivity index (χ0v) is 8.72. The van der Waals surface area contributed by atoms with Gasteiger partial charge in [-0.3, -0.25) is 9.89 Å². The van der Waals surface area contributed by atoms with Crippen molar-refractivity contribution in [3.8, 4) is 0 Å². The fourth-order valence-corrected chi connectivity index (χ4v) is 0.964. The number of nitrogens with one attached hydrogen (secondary N) is 2. The molecule has 0 radical (unpaired) electrons. The maximum Gasteiger partial charge on any atom is 0.239 e. The highest BCUT2D eigenvalue weighted by Crippen LogP contribution is 1.99. The van der Waals surface area contributed by atoms with Gasteiger partial charge in [-0.1, -0.05) is 0 Å². The van der Waals surface area contributed by atoms with Gasteiger partial charge in [-0.05, 0) is 26.8 Å². The standard InChI is InChI=1S/C9H16N4O/c1-6-4-7(13-12-6)5-11-8(14)9(2,3)10/h4H,5,10H2,1-3H3,(H,11,14)(H,12,13). The highest BCUT2D eigenvalue weighted by atomic mass is 16.2. The Labute approximate surface area is 83.1 Å². The zero-order chi connectivity index (χ0) is 10.8. The molecule has 14 heavy (non-hydrogen) atoms. The van der Waals surface area contributed by atoms with Crippen molar-refractivity contribution >= 4 is 5.91 Å². The number of aromatic amines is 1. The van der Waals surface area contributed by atoms with Crippen LogP contribution < -0.4 is 11.1 Å². The maximum atomic E-state index is 11.4. The number of carbonyl (C=O) groups is 1. The van der Waals surface area contributed by atoms with Gasteiger partial charge in [0.05, 0.1) is 17.8 Å². The number of aromatic nitrogens is 2. The molecule has 0 fully saturated rings. The number of nitrogens with zero attached hydrogens (tertiary/aromatic N) is 1. The molecule has 5 heteroatoms. The molecular weight excluding hydrogens is 180 g/mol. The molecule has 4 N–H and O–H groups in total. The molecule has 0 spiro atoms. The summed E-state index contributed by atoms with van der Waals surface area (Å²) in [7, 11) is 0. The fraction of sp³-hybridized carbons (Fsp3) is 0.556. The number of hydrogen-bond acceptors (Lipinski definition) is 3. The van der Waals surface area contributed by atoms with E-state index in [9.17, 15) is 4.79 Å². The fourth-order valence-electron chi connectivity index (χ4n) is 0.964. The first-order chi connectivity index (χ1) is 6.39. The van der Waals surface area contributed by atoms with Crippen LogP contribution in [0.25, 0.3) is 0 Å². The van der Waals surface area contributed by atoms with E-state index in [4.69, 9.17) is 5.73 Å². The second-order valence-corrected chi connectivity index (χ2v) is 3.95. The third-order valence-electron chi connectivity index (χ3n) is 1.77. The first kappa shape index (κ1) is 10.7. The molecule has 5 nitrogen and oxygen atoms in total. The second kappa shape index (κ2) is 3.79. The molecule has 0 aliphatic carbocycles. The smallest absolute Gasteiger partial charge is 0.239 e. The molecular formula is C9H16N4O. The van der Waals surface area contributed by atoms with Gasteiger partial charge in [0.2, 0.25) is 5.91 Å². The zero-order valence-electron chi connectivity index (χ0n) is 8.72. The molecule has 0 saturated carbocycles. The van der Waals surface area contributed by atoms with E-state index in [2.05, 4.69) is 15.5 Å². The summed E-state index contributed by atoms with van der Waals surface area (Å²) in [6.45, 7) is 5.64. The molecule has 78 valence electrons. The normalized spacial score (nSPS) is 11.4. The lowest BCUT2D eigenvalue weighted by Crippen LogP contribution is -2.48. The van der Waals surface area contributed by atoms with E-state index in [1.165, 1.54) is 0 Å². The number of H-pyrrole nitrogens is 1. The quantitative estimate of drug-likeness (QED) is 0.639. The summed E-state index contributed by atoms with van der Waals surface area (Å²) in [4.78, 5) is 11.4. The third kappa shape index (κ3) is 2.85. The molecule has 0 atom stereocenters. The lowest BCUT2D eigenvalue weighted by atomic mass is 10.1. The van der Waals surface area contributed by atoms with Crippen LogP contribution in [0.5, 0.6) is 0 Å². The molecule has 1 heterocycles. The molecule has 0 unspecified atom stereocenters. The van der Waals surface area contributed by atoms with Crippen LogP contribution in [0, 0.1) is 6.92 Å². The monoisotopic (exact) mass is 196 g/mol. The van der Waals surface area contributed by atoms with Crippen molar-refractivity contribution in [1.82, 2.24) is 15.5 Å². The summed E-state index contributed by atoms with van der Waals surface area (Å²) in [5.74, 6) is -0.182. The van der Waals surface area contributed by atoms with E-state index in [0.29, 0.717) is 6.54 Å². The van der Waals surface area contributed by atoms with Crippen molar-refractivity contribution in [1.29, 1.82) is 0 Å². The largest absolute Gasteiger partial charge is 0.349 e. The average Bonchev–Trinajstić information content (AvgIpc) is 2.45. The summed E-state index contributed by atoms with van der Waals surface area (Å²) >= 11 is 0. The van der Waals surface area contributed by atoms with Crippen LogP contribution in [0.1, 0.15) is 25.2 Å². The Bertz CT molecular complexity index is 324. The number of rotatable bonds is 3. The van der Waals surface area contributed by atoms with Gasteiger partial charge in [-0.2, -0.15) is 5.10 Å². The van der Waals surface area contributed by atoms with Crippen LogP contribution in [0.3, 0.4) is 0 Å². The van der Waals surface area contributed by atoms with Crippen LogP contribution in [0.4, 0.5) is 0 Å². The third-order valence-corrected chi connectivity index (χ3v) is 1.77.